The monoisotopic (exact) mass is 357 g/mol. The Morgan fingerprint density at radius 2 is 1.96 bits per heavy atom. The topological polar surface area (TPSA) is 54.2 Å². The molecule has 0 bridgehead atoms. The van der Waals surface area contributed by atoms with Crippen LogP contribution in [0.2, 0.25) is 0 Å². The summed E-state index contributed by atoms with van der Waals surface area (Å²) in [7, 11) is 1.96. The van der Waals surface area contributed by atoms with Crippen molar-refractivity contribution in [3.63, 3.8) is 0 Å². The first-order valence-corrected chi connectivity index (χ1v) is 8.45. The number of aromatic nitrogens is 2. The molecule has 1 aromatic heterocycles. The van der Waals surface area contributed by atoms with Gasteiger partial charge in [-0.05, 0) is 37.3 Å². The third-order valence-corrected chi connectivity index (χ3v) is 4.05. The smallest absolute Gasteiger partial charge is 0.191 e. The van der Waals surface area contributed by atoms with Crippen LogP contribution in [0.3, 0.4) is 0 Å². The molecule has 0 fully saturated rings. The van der Waals surface area contributed by atoms with Crippen molar-refractivity contribution in [3.8, 4) is 0 Å². The van der Waals surface area contributed by atoms with Crippen LogP contribution < -0.4 is 10.6 Å². The number of aryl methyl sites for hydroxylation is 1. The fourth-order valence-electron chi connectivity index (χ4n) is 2.69. The first kappa shape index (κ1) is 17.8. The highest BCUT2D eigenvalue weighted by Gasteiger charge is 2.08. The van der Waals surface area contributed by atoms with Crippen molar-refractivity contribution in [2.75, 3.05) is 6.54 Å². The maximum Gasteiger partial charge on any atom is 0.191 e. The third kappa shape index (κ3) is 3.99. The molecular weight excluding hydrogens is 336 g/mol. The molecule has 5 nitrogen and oxygen atoms in total. The van der Waals surface area contributed by atoms with Crippen LogP contribution in [0, 0.1) is 11.6 Å². The molecule has 2 aromatic carbocycles. The molecule has 0 aliphatic carbocycles. The van der Waals surface area contributed by atoms with Gasteiger partial charge in [0.25, 0.3) is 0 Å². The summed E-state index contributed by atoms with van der Waals surface area (Å²) in [4.78, 5) is 8.93. The van der Waals surface area contributed by atoms with Gasteiger partial charge in [0.1, 0.15) is 17.5 Å². The second-order valence-corrected chi connectivity index (χ2v) is 5.86. The fourth-order valence-corrected chi connectivity index (χ4v) is 2.69. The van der Waals surface area contributed by atoms with Crippen molar-refractivity contribution >= 4 is 17.0 Å². The molecule has 0 radical (unpaired) electrons. The Hall–Kier alpha value is -2.96. The minimum Gasteiger partial charge on any atom is -0.357 e. The number of hydrogen-bond donors (Lipinski definition) is 2. The lowest BCUT2D eigenvalue weighted by molar-refractivity contribution is 0.585. The van der Waals surface area contributed by atoms with Gasteiger partial charge in [-0.25, -0.2) is 18.8 Å². The van der Waals surface area contributed by atoms with Crippen LogP contribution in [0.1, 0.15) is 18.3 Å². The van der Waals surface area contributed by atoms with E-state index >= 15 is 0 Å². The maximum atomic E-state index is 13.7. The van der Waals surface area contributed by atoms with Crippen molar-refractivity contribution in [2.45, 2.75) is 20.0 Å². The first-order chi connectivity index (χ1) is 12.6. The molecule has 3 aromatic rings. The number of nitrogens with zero attached hydrogens (tertiary/aromatic N) is 3. The molecule has 2 N–H and O–H groups in total. The number of guanidine groups is 1. The summed E-state index contributed by atoms with van der Waals surface area (Å²) in [6.07, 6.45) is 0. The third-order valence-electron chi connectivity index (χ3n) is 4.05. The highest BCUT2D eigenvalue weighted by molar-refractivity contribution is 5.80. The van der Waals surface area contributed by atoms with Gasteiger partial charge in [-0.2, -0.15) is 0 Å². The number of imidazole rings is 1. The molecular formula is C19H21F2N5. The highest BCUT2D eigenvalue weighted by atomic mass is 19.1. The van der Waals surface area contributed by atoms with E-state index in [0.29, 0.717) is 19.0 Å². The Balaban J connectivity index is 1.73. The average molecular weight is 357 g/mol. The minimum absolute atomic E-state index is 0.0431. The average Bonchev–Trinajstić information content (AvgIpc) is 2.96. The number of aliphatic imine (C=N–C) groups is 1. The number of rotatable bonds is 5. The van der Waals surface area contributed by atoms with E-state index in [-0.39, 0.29) is 12.1 Å². The van der Waals surface area contributed by atoms with Crippen LogP contribution in [0.4, 0.5) is 8.78 Å². The Morgan fingerprint density at radius 3 is 2.73 bits per heavy atom. The number of para-hydroxylation sites is 2. The summed E-state index contributed by atoms with van der Waals surface area (Å²) in [5, 5.41) is 6.28. The van der Waals surface area contributed by atoms with E-state index in [9.17, 15) is 8.78 Å². The molecule has 0 unspecified atom stereocenters. The van der Waals surface area contributed by atoms with E-state index in [1.165, 1.54) is 0 Å². The molecule has 0 saturated heterocycles. The van der Waals surface area contributed by atoms with Gasteiger partial charge in [0.2, 0.25) is 0 Å². The van der Waals surface area contributed by atoms with Gasteiger partial charge < -0.3 is 15.2 Å². The van der Waals surface area contributed by atoms with Crippen molar-refractivity contribution in [2.24, 2.45) is 12.0 Å². The van der Waals surface area contributed by atoms with Gasteiger partial charge in [-0.3, -0.25) is 0 Å². The Kier molecular flexibility index (Phi) is 5.46. The number of benzene rings is 2. The van der Waals surface area contributed by atoms with E-state index in [2.05, 4.69) is 20.6 Å². The number of halogens is 2. The van der Waals surface area contributed by atoms with E-state index in [1.807, 2.05) is 42.8 Å². The van der Waals surface area contributed by atoms with Crippen LogP contribution in [0.25, 0.3) is 11.0 Å². The maximum absolute atomic E-state index is 13.7. The van der Waals surface area contributed by atoms with Gasteiger partial charge in [0.05, 0.1) is 24.1 Å². The Labute approximate surface area is 150 Å². The van der Waals surface area contributed by atoms with Crippen molar-refractivity contribution in [3.05, 3.63) is 65.5 Å². The standard InChI is InChI=1S/C19H21F2N5/c1-3-22-19(23-11-13-10-14(20)8-9-15(13)21)24-12-18-25-16-6-4-5-7-17(16)26(18)2/h4-10H,3,11-12H2,1-2H3,(H2,22,23,24). The molecule has 3 rings (SSSR count). The van der Waals surface area contributed by atoms with E-state index in [0.717, 1.165) is 35.1 Å². The summed E-state index contributed by atoms with van der Waals surface area (Å²) in [5.74, 6) is 0.424. The molecule has 0 atom stereocenters. The summed E-state index contributed by atoms with van der Waals surface area (Å²) in [6.45, 7) is 3.10. The summed E-state index contributed by atoms with van der Waals surface area (Å²) >= 11 is 0. The first-order valence-electron chi connectivity index (χ1n) is 8.45. The Morgan fingerprint density at radius 1 is 1.15 bits per heavy atom. The van der Waals surface area contributed by atoms with Gasteiger partial charge in [-0.1, -0.05) is 12.1 Å². The zero-order valence-corrected chi connectivity index (χ0v) is 14.8. The molecule has 0 saturated carbocycles. The highest BCUT2D eigenvalue weighted by Crippen LogP contribution is 2.14. The summed E-state index contributed by atoms with van der Waals surface area (Å²) in [6, 6.07) is 11.3. The zero-order valence-electron chi connectivity index (χ0n) is 14.8. The van der Waals surface area contributed by atoms with Crippen LogP contribution in [0.15, 0.2) is 47.5 Å². The number of nitrogens with one attached hydrogen (secondary N) is 2. The molecule has 1 heterocycles. The molecule has 26 heavy (non-hydrogen) atoms. The number of hydrogen-bond acceptors (Lipinski definition) is 2. The molecule has 7 heteroatoms. The lowest BCUT2D eigenvalue weighted by Gasteiger charge is -2.11. The predicted octanol–water partition coefficient (Wildman–Crippen LogP) is 3.11. The number of fused-ring (bicyclic) bond motifs is 1. The van der Waals surface area contributed by atoms with Gasteiger partial charge >= 0.3 is 0 Å². The van der Waals surface area contributed by atoms with Crippen molar-refractivity contribution in [1.29, 1.82) is 0 Å². The normalized spacial score (nSPS) is 11.8. The largest absolute Gasteiger partial charge is 0.357 e. The molecule has 0 spiro atoms. The van der Waals surface area contributed by atoms with Crippen molar-refractivity contribution < 1.29 is 8.78 Å². The molecule has 0 aliphatic heterocycles. The SMILES string of the molecule is CCNC(=NCc1cc(F)ccc1F)NCc1nc2ccccc2n1C. The van der Waals surface area contributed by atoms with Crippen LogP contribution in [-0.4, -0.2) is 22.1 Å². The zero-order chi connectivity index (χ0) is 18.5. The van der Waals surface area contributed by atoms with E-state index < -0.39 is 11.6 Å². The van der Waals surface area contributed by atoms with E-state index in [4.69, 9.17) is 0 Å². The molecule has 0 aliphatic rings. The summed E-state index contributed by atoms with van der Waals surface area (Å²) in [5.41, 5.74) is 2.19. The Bertz CT molecular complexity index is 933. The molecule has 136 valence electrons. The van der Waals surface area contributed by atoms with Gasteiger partial charge in [0.15, 0.2) is 5.96 Å². The lowest BCUT2D eigenvalue weighted by Crippen LogP contribution is -2.37. The predicted molar refractivity (Wildman–Crippen MR) is 98.7 cm³/mol. The second kappa shape index (κ2) is 7.95. The van der Waals surface area contributed by atoms with Gasteiger partial charge in [0, 0.05) is 19.2 Å². The van der Waals surface area contributed by atoms with Gasteiger partial charge in [-0.15, -0.1) is 0 Å². The quantitative estimate of drug-likeness (QED) is 0.545. The van der Waals surface area contributed by atoms with E-state index in [1.54, 1.807) is 0 Å². The fraction of sp³-hybridized carbons (Fsp3) is 0.263. The summed E-state index contributed by atoms with van der Waals surface area (Å²) < 4.78 is 29.0. The van der Waals surface area contributed by atoms with Crippen molar-refractivity contribution in [1.82, 2.24) is 20.2 Å². The second-order valence-electron chi connectivity index (χ2n) is 5.86. The molecule has 0 amide bonds. The van der Waals surface area contributed by atoms with Crippen LogP contribution in [-0.2, 0) is 20.1 Å². The lowest BCUT2D eigenvalue weighted by atomic mass is 10.2. The van der Waals surface area contributed by atoms with Crippen LogP contribution in [0.5, 0.6) is 0 Å². The minimum atomic E-state index is -0.478. The van der Waals surface area contributed by atoms with Crippen LogP contribution >= 0.6 is 0 Å².